The third-order valence-electron chi connectivity index (χ3n) is 3.84. The van der Waals surface area contributed by atoms with Gasteiger partial charge in [0.05, 0.1) is 0 Å². The van der Waals surface area contributed by atoms with E-state index in [4.69, 9.17) is 0 Å². The fraction of sp³-hybridized carbons (Fsp3) is 0.600. The summed E-state index contributed by atoms with van der Waals surface area (Å²) < 4.78 is 0. The molecule has 92 valence electrons. The van der Waals surface area contributed by atoms with Crippen molar-refractivity contribution in [2.45, 2.75) is 44.7 Å². The molecule has 1 atom stereocenters. The Morgan fingerprint density at radius 3 is 2.82 bits per heavy atom. The van der Waals surface area contributed by atoms with Crippen LogP contribution in [0.25, 0.3) is 0 Å². The molecule has 2 aliphatic rings. The molecule has 1 aromatic carbocycles. The van der Waals surface area contributed by atoms with Crippen molar-refractivity contribution >= 4 is 5.69 Å². The van der Waals surface area contributed by atoms with Crippen molar-refractivity contribution < 1.29 is 0 Å². The van der Waals surface area contributed by atoms with Gasteiger partial charge in [-0.3, -0.25) is 0 Å². The molecular formula is C15H22N2. The zero-order valence-electron chi connectivity index (χ0n) is 10.7. The zero-order chi connectivity index (χ0) is 11.7. The van der Waals surface area contributed by atoms with E-state index in [0.29, 0.717) is 6.04 Å². The van der Waals surface area contributed by atoms with Crippen LogP contribution in [0.15, 0.2) is 24.3 Å². The largest absolute Gasteiger partial charge is 0.370 e. The summed E-state index contributed by atoms with van der Waals surface area (Å²) in [7, 11) is 0. The van der Waals surface area contributed by atoms with Crippen LogP contribution in [0, 0.1) is 6.92 Å². The molecule has 0 bridgehead atoms. The molecule has 2 nitrogen and oxygen atoms in total. The van der Waals surface area contributed by atoms with Crippen molar-refractivity contribution in [3.05, 3.63) is 29.8 Å². The number of aryl methyl sites for hydroxylation is 1. The fourth-order valence-corrected chi connectivity index (χ4v) is 2.76. The van der Waals surface area contributed by atoms with Gasteiger partial charge in [0.2, 0.25) is 0 Å². The average Bonchev–Trinajstić information content (AvgIpc) is 3.13. The first-order chi connectivity index (χ1) is 8.31. The topological polar surface area (TPSA) is 15.3 Å². The van der Waals surface area contributed by atoms with Crippen molar-refractivity contribution in [1.29, 1.82) is 0 Å². The highest BCUT2D eigenvalue weighted by atomic mass is 15.2. The molecule has 1 heterocycles. The highest BCUT2D eigenvalue weighted by Gasteiger charge is 2.27. The lowest BCUT2D eigenvalue weighted by Gasteiger charge is -2.35. The second-order valence-corrected chi connectivity index (χ2v) is 5.57. The van der Waals surface area contributed by atoms with E-state index in [1.54, 1.807) is 0 Å². The highest BCUT2D eigenvalue weighted by Crippen LogP contribution is 2.24. The molecule has 1 N–H and O–H groups in total. The number of benzene rings is 1. The Bertz CT molecular complexity index is 384. The fourth-order valence-electron chi connectivity index (χ4n) is 2.76. The number of rotatable bonds is 3. The van der Waals surface area contributed by atoms with E-state index >= 15 is 0 Å². The van der Waals surface area contributed by atoms with E-state index in [2.05, 4.69) is 41.4 Å². The molecule has 17 heavy (non-hydrogen) atoms. The summed E-state index contributed by atoms with van der Waals surface area (Å²) >= 11 is 0. The van der Waals surface area contributed by atoms with Crippen LogP contribution < -0.4 is 10.2 Å². The Morgan fingerprint density at radius 2 is 2.06 bits per heavy atom. The maximum atomic E-state index is 3.77. The smallest absolute Gasteiger partial charge is 0.0369 e. The second kappa shape index (κ2) is 4.69. The average molecular weight is 230 g/mol. The van der Waals surface area contributed by atoms with Crippen molar-refractivity contribution in [2.75, 3.05) is 18.0 Å². The number of piperidine rings is 1. The summed E-state index contributed by atoms with van der Waals surface area (Å²) in [6.07, 6.45) is 5.44. The van der Waals surface area contributed by atoms with Crippen molar-refractivity contribution in [3.8, 4) is 0 Å². The summed E-state index contributed by atoms with van der Waals surface area (Å²) in [6.45, 7) is 4.57. The Hall–Kier alpha value is -1.02. The Labute approximate surface area is 104 Å². The molecule has 0 amide bonds. The Kier molecular flexibility index (Phi) is 3.06. The van der Waals surface area contributed by atoms with Gasteiger partial charge < -0.3 is 10.2 Å². The van der Waals surface area contributed by atoms with Crippen LogP contribution in [0.4, 0.5) is 5.69 Å². The van der Waals surface area contributed by atoms with E-state index in [1.807, 2.05) is 0 Å². The molecule has 1 unspecified atom stereocenters. The standard InChI is InChI=1S/C15H22N2/c1-12-4-2-6-15(10-12)17-9-3-5-14(11-17)16-13-7-8-13/h2,4,6,10,13-14,16H,3,5,7-9,11H2,1H3. The van der Waals surface area contributed by atoms with E-state index in [1.165, 1.54) is 50.0 Å². The van der Waals surface area contributed by atoms with Crippen LogP contribution in [0.5, 0.6) is 0 Å². The molecule has 1 aromatic rings. The van der Waals surface area contributed by atoms with E-state index in [0.717, 1.165) is 6.04 Å². The summed E-state index contributed by atoms with van der Waals surface area (Å²) in [6, 6.07) is 10.4. The van der Waals surface area contributed by atoms with Gasteiger partial charge in [-0.05, 0) is 50.3 Å². The van der Waals surface area contributed by atoms with Gasteiger partial charge in [-0.1, -0.05) is 12.1 Å². The normalized spacial score (nSPS) is 25.0. The zero-order valence-corrected chi connectivity index (χ0v) is 10.7. The van der Waals surface area contributed by atoms with Gasteiger partial charge in [-0.15, -0.1) is 0 Å². The molecule has 3 rings (SSSR count). The van der Waals surface area contributed by atoms with Gasteiger partial charge in [0.1, 0.15) is 0 Å². The molecule has 1 saturated heterocycles. The van der Waals surface area contributed by atoms with Crippen molar-refractivity contribution in [3.63, 3.8) is 0 Å². The Morgan fingerprint density at radius 1 is 1.18 bits per heavy atom. The molecule has 0 aromatic heterocycles. The first kappa shape index (κ1) is 11.1. The first-order valence-electron chi connectivity index (χ1n) is 6.89. The van der Waals surface area contributed by atoms with Gasteiger partial charge in [-0.2, -0.15) is 0 Å². The SMILES string of the molecule is Cc1cccc(N2CCCC(NC3CC3)C2)c1. The first-order valence-corrected chi connectivity index (χ1v) is 6.89. The number of hydrogen-bond donors (Lipinski definition) is 1. The van der Waals surface area contributed by atoms with Gasteiger partial charge in [0, 0.05) is 30.9 Å². The lowest BCUT2D eigenvalue weighted by molar-refractivity contribution is 0.420. The minimum atomic E-state index is 0.705. The van der Waals surface area contributed by atoms with E-state index < -0.39 is 0 Å². The minimum Gasteiger partial charge on any atom is -0.370 e. The Balaban J connectivity index is 1.65. The monoisotopic (exact) mass is 230 g/mol. The molecule has 1 aliphatic carbocycles. The highest BCUT2D eigenvalue weighted by molar-refractivity contribution is 5.48. The van der Waals surface area contributed by atoms with Gasteiger partial charge in [0.15, 0.2) is 0 Å². The maximum absolute atomic E-state index is 3.77. The van der Waals surface area contributed by atoms with Crippen LogP contribution in [0.1, 0.15) is 31.2 Å². The number of anilines is 1. The van der Waals surface area contributed by atoms with E-state index in [-0.39, 0.29) is 0 Å². The van der Waals surface area contributed by atoms with Crippen LogP contribution >= 0.6 is 0 Å². The number of nitrogens with zero attached hydrogens (tertiary/aromatic N) is 1. The summed E-state index contributed by atoms with van der Waals surface area (Å²) in [5, 5.41) is 3.77. The number of nitrogens with one attached hydrogen (secondary N) is 1. The minimum absolute atomic E-state index is 0.705. The molecular weight excluding hydrogens is 208 g/mol. The molecule has 2 fully saturated rings. The van der Waals surface area contributed by atoms with Crippen molar-refractivity contribution in [1.82, 2.24) is 5.32 Å². The molecule has 1 saturated carbocycles. The summed E-state index contributed by atoms with van der Waals surface area (Å²) in [4.78, 5) is 2.54. The van der Waals surface area contributed by atoms with Crippen LogP contribution in [0.3, 0.4) is 0 Å². The van der Waals surface area contributed by atoms with Crippen LogP contribution in [0.2, 0.25) is 0 Å². The lowest BCUT2D eigenvalue weighted by Crippen LogP contribution is -2.46. The molecule has 2 heteroatoms. The third kappa shape index (κ3) is 2.81. The maximum Gasteiger partial charge on any atom is 0.0369 e. The molecule has 0 spiro atoms. The summed E-state index contributed by atoms with van der Waals surface area (Å²) in [5.74, 6) is 0. The molecule has 0 radical (unpaired) electrons. The third-order valence-corrected chi connectivity index (χ3v) is 3.84. The van der Waals surface area contributed by atoms with Crippen LogP contribution in [-0.2, 0) is 0 Å². The van der Waals surface area contributed by atoms with Gasteiger partial charge in [-0.25, -0.2) is 0 Å². The molecule has 1 aliphatic heterocycles. The van der Waals surface area contributed by atoms with Crippen molar-refractivity contribution in [2.24, 2.45) is 0 Å². The summed E-state index contributed by atoms with van der Waals surface area (Å²) in [5.41, 5.74) is 2.76. The van der Waals surface area contributed by atoms with E-state index in [9.17, 15) is 0 Å². The number of hydrogen-bond acceptors (Lipinski definition) is 2. The van der Waals surface area contributed by atoms with Gasteiger partial charge >= 0.3 is 0 Å². The second-order valence-electron chi connectivity index (χ2n) is 5.57. The van der Waals surface area contributed by atoms with Crippen LogP contribution in [-0.4, -0.2) is 25.2 Å². The quantitative estimate of drug-likeness (QED) is 0.859. The predicted molar refractivity (Wildman–Crippen MR) is 72.6 cm³/mol. The van der Waals surface area contributed by atoms with Gasteiger partial charge in [0.25, 0.3) is 0 Å². The predicted octanol–water partition coefficient (Wildman–Crippen LogP) is 2.72. The lowest BCUT2D eigenvalue weighted by atomic mass is 10.0.